The summed E-state index contributed by atoms with van der Waals surface area (Å²) < 4.78 is 0. The fraction of sp³-hybridized carbons (Fsp3) is 0.714. The van der Waals surface area contributed by atoms with Crippen LogP contribution >= 0.6 is 11.3 Å². The predicted octanol–water partition coefficient (Wildman–Crippen LogP) is 2.29. The van der Waals surface area contributed by atoms with E-state index in [2.05, 4.69) is 22.6 Å². The Labute approximate surface area is 117 Å². The van der Waals surface area contributed by atoms with Gasteiger partial charge in [-0.25, -0.2) is 4.98 Å². The van der Waals surface area contributed by atoms with Crippen molar-refractivity contribution in [2.75, 3.05) is 0 Å². The first kappa shape index (κ1) is 13.1. The van der Waals surface area contributed by atoms with E-state index in [1.165, 1.54) is 6.42 Å². The number of carbonyl (C=O) groups is 1. The van der Waals surface area contributed by atoms with Crippen molar-refractivity contribution in [3.05, 3.63) is 16.1 Å². The van der Waals surface area contributed by atoms with Crippen molar-refractivity contribution < 1.29 is 9.90 Å². The Hall–Kier alpha value is -0.940. The number of carboxylic acids is 1. The number of fused-ring (bicyclic) bond motifs is 2. The summed E-state index contributed by atoms with van der Waals surface area (Å²) >= 11 is 1.69. The molecule has 0 aliphatic heterocycles. The fourth-order valence-electron chi connectivity index (χ4n) is 3.76. The molecule has 2 aliphatic rings. The lowest BCUT2D eigenvalue weighted by molar-refractivity contribution is -0.144. The Morgan fingerprint density at radius 2 is 2.32 bits per heavy atom. The number of nitrogens with zero attached hydrogens (tertiary/aromatic N) is 1. The van der Waals surface area contributed by atoms with E-state index in [0.717, 1.165) is 30.0 Å². The second-order valence-corrected chi connectivity index (χ2v) is 6.63. The minimum Gasteiger partial charge on any atom is -0.481 e. The maximum atomic E-state index is 11.4. The zero-order valence-corrected chi connectivity index (χ0v) is 11.9. The van der Waals surface area contributed by atoms with E-state index in [-0.39, 0.29) is 12.0 Å². The van der Waals surface area contributed by atoms with Crippen LogP contribution in [0.1, 0.15) is 36.9 Å². The highest BCUT2D eigenvalue weighted by atomic mass is 32.1. The van der Waals surface area contributed by atoms with Crippen molar-refractivity contribution in [2.24, 2.45) is 17.8 Å². The average molecular weight is 280 g/mol. The smallest absolute Gasteiger partial charge is 0.308 e. The Morgan fingerprint density at radius 3 is 3.00 bits per heavy atom. The van der Waals surface area contributed by atoms with E-state index in [0.29, 0.717) is 18.4 Å². The van der Waals surface area contributed by atoms with Gasteiger partial charge in [0, 0.05) is 18.0 Å². The molecule has 0 saturated heterocycles. The lowest BCUT2D eigenvalue weighted by Gasteiger charge is -2.28. The molecule has 2 fully saturated rings. The van der Waals surface area contributed by atoms with Gasteiger partial charge in [-0.05, 0) is 37.5 Å². The summed E-state index contributed by atoms with van der Waals surface area (Å²) in [6.45, 7) is 2.81. The van der Waals surface area contributed by atoms with Gasteiger partial charge in [-0.2, -0.15) is 0 Å². The van der Waals surface area contributed by atoms with Gasteiger partial charge in [0.25, 0.3) is 0 Å². The molecule has 2 bridgehead atoms. The molecule has 4 unspecified atom stereocenters. The van der Waals surface area contributed by atoms with Crippen LogP contribution in [0.2, 0.25) is 0 Å². The average Bonchev–Trinajstić information content (AvgIpc) is 3.10. The number of thiazole rings is 1. The molecule has 2 aliphatic carbocycles. The molecule has 1 aromatic heterocycles. The van der Waals surface area contributed by atoms with E-state index in [9.17, 15) is 9.90 Å². The summed E-state index contributed by atoms with van der Waals surface area (Å²) in [7, 11) is 0. The highest BCUT2D eigenvalue weighted by molar-refractivity contribution is 7.09. The molecule has 1 heterocycles. The topological polar surface area (TPSA) is 62.2 Å². The van der Waals surface area contributed by atoms with Crippen LogP contribution in [0.3, 0.4) is 0 Å². The Morgan fingerprint density at radius 1 is 1.53 bits per heavy atom. The number of hydrogen-bond donors (Lipinski definition) is 2. The molecule has 2 N–H and O–H groups in total. The number of carboxylic acid groups (broad SMARTS) is 1. The summed E-state index contributed by atoms with van der Waals surface area (Å²) in [6, 6.07) is 0.142. The molecule has 0 aromatic carbocycles. The second-order valence-electron chi connectivity index (χ2n) is 5.69. The largest absolute Gasteiger partial charge is 0.481 e. The van der Waals surface area contributed by atoms with Crippen LogP contribution in [0.5, 0.6) is 0 Å². The SMILES string of the molecule is CCc1nc(CNC2C3CCC(C3)C2C(=O)O)cs1. The van der Waals surface area contributed by atoms with Gasteiger partial charge in [0.1, 0.15) is 0 Å². The molecule has 104 valence electrons. The summed E-state index contributed by atoms with van der Waals surface area (Å²) in [5.74, 6) is 0.122. The van der Waals surface area contributed by atoms with Crippen LogP contribution in [0, 0.1) is 17.8 Å². The number of rotatable bonds is 5. The van der Waals surface area contributed by atoms with Gasteiger partial charge in [-0.3, -0.25) is 4.79 Å². The summed E-state index contributed by atoms with van der Waals surface area (Å²) in [5, 5.41) is 16.1. The summed E-state index contributed by atoms with van der Waals surface area (Å²) in [4.78, 5) is 15.9. The molecular formula is C14H20N2O2S. The monoisotopic (exact) mass is 280 g/mol. The minimum atomic E-state index is -0.628. The maximum Gasteiger partial charge on any atom is 0.308 e. The highest BCUT2D eigenvalue weighted by Gasteiger charge is 2.50. The van der Waals surface area contributed by atoms with Crippen LogP contribution in [-0.2, 0) is 17.8 Å². The van der Waals surface area contributed by atoms with E-state index >= 15 is 0 Å². The maximum absolute atomic E-state index is 11.4. The van der Waals surface area contributed by atoms with Gasteiger partial charge in [-0.15, -0.1) is 11.3 Å². The molecule has 0 spiro atoms. The first-order valence-corrected chi connectivity index (χ1v) is 7.96. The van der Waals surface area contributed by atoms with E-state index in [1.54, 1.807) is 11.3 Å². The van der Waals surface area contributed by atoms with Crippen molar-refractivity contribution in [3.63, 3.8) is 0 Å². The van der Waals surface area contributed by atoms with Gasteiger partial charge in [0.15, 0.2) is 0 Å². The van der Waals surface area contributed by atoms with Crippen LogP contribution in [0.25, 0.3) is 0 Å². The second kappa shape index (κ2) is 5.21. The molecule has 5 heteroatoms. The van der Waals surface area contributed by atoms with Gasteiger partial charge < -0.3 is 10.4 Å². The zero-order chi connectivity index (χ0) is 13.4. The van der Waals surface area contributed by atoms with Gasteiger partial charge in [0.2, 0.25) is 0 Å². The lowest BCUT2D eigenvalue weighted by Crippen LogP contribution is -2.43. The quantitative estimate of drug-likeness (QED) is 0.868. The summed E-state index contributed by atoms with van der Waals surface area (Å²) in [6.07, 6.45) is 4.34. The Kier molecular flexibility index (Phi) is 3.58. The summed E-state index contributed by atoms with van der Waals surface area (Å²) in [5.41, 5.74) is 1.05. The number of aromatic nitrogens is 1. The van der Waals surface area contributed by atoms with E-state index in [4.69, 9.17) is 0 Å². The van der Waals surface area contributed by atoms with E-state index < -0.39 is 5.97 Å². The third-order valence-corrected chi connectivity index (χ3v) is 5.66. The van der Waals surface area contributed by atoms with Gasteiger partial charge in [-0.1, -0.05) is 6.92 Å². The molecule has 4 atom stereocenters. The van der Waals surface area contributed by atoms with E-state index in [1.807, 2.05) is 0 Å². The third-order valence-electron chi connectivity index (χ3n) is 4.62. The van der Waals surface area contributed by atoms with Crippen LogP contribution in [0.4, 0.5) is 0 Å². The number of hydrogen-bond acceptors (Lipinski definition) is 4. The van der Waals surface area contributed by atoms with Crippen molar-refractivity contribution in [1.29, 1.82) is 0 Å². The number of aryl methyl sites for hydroxylation is 1. The van der Waals surface area contributed by atoms with Crippen molar-refractivity contribution in [3.8, 4) is 0 Å². The molecule has 2 saturated carbocycles. The minimum absolute atomic E-state index is 0.142. The first-order chi connectivity index (χ1) is 9.19. The zero-order valence-electron chi connectivity index (χ0n) is 11.1. The van der Waals surface area contributed by atoms with Crippen molar-refractivity contribution >= 4 is 17.3 Å². The van der Waals surface area contributed by atoms with Crippen molar-refractivity contribution in [2.45, 2.75) is 45.2 Å². The normalized spacial score (nSPS) is 32.9. The first-order valence-electron chi connectivity index (χ1n) is 7.08. The fourth-order valence-corrected chi connectivity index (χ4v) is 4.50. The van der Waals surface area contributed by atoms with Crippen molar-refractivity contribution in [1.82, 2.24) is 10.3 Å². The predicted molar refractivity (Wildman–Crippen MR) is 74.1 cm³/mol. The van der Waals surface area contributed by atoms with Crippen LogP contribution in [-0.4, -0.2) is 22.1 Å². The van der Waals surface area contributed by atoms with Crippen LogP contribution < -0.4 is 5.32 Å². The number of aliphatic carboxylic acids is 1. The highest BCUT2D eigenvalue weighted by Crippen LogP contribution is 2.48. The third kappa shape index (κ3) is 2.41. The Balaban J connectivity index is 1.64. The number of nitrogens with one attached hydrogen (secondary N) is 1. The standard InChI is InChI=1S/C14H20N2O2S/c1-2-11-16-10(7-19-11)6-15-13-9-4-3-8(5-9)12(13)14(17)18/h7-9,12-13,15H,2-6H2,1H3,(H,17,18). The molecule has 19 heavy (non-hydrogen) atoms. The lowest BCUT2D eigenvalue weighted by atomic mass is 9.84. The molecule has 3 rings (SSSR count). The molecular weight excluding hydrogens is 260 g/mol. The molecule has 0 amide bonds. The van der Waals surface area contributed by atoms with Gasteiger partial charge in [0.05, 0.1) is 16.6 Å². The Bertz CT molecular complexity index is 474. The van der Waals surface area contributed by atoms with Crippen LogP contribution in [0.15, 0.2) is 5.38 Å². The molecule has 0 radical (unpaired) electrons. The molecule has 4 nitrogen and oxygen atoms in total. The van der Waals surface area contributed by atoms with Gasteiger partial charge >= 0.3 is 5.97 Å². The molecule has 1 aromatic rings.